The van der Waals surface area contributed by atoms with Gasteiger partial charge in [-0.05, 0) is 24.3 Å². The Kier molecular flexibility index (Phi) is 3.56. The van der Waals surface area contributed by atoms with E-state index in [1.54, 1.807) is 11.6 Å². The highest BCUT2D eigenvalue weighted by atomic mass is 16.5. The van der Waals surface area contributed by atoms with E-state index in [-0.39, 0.29) is 5.95 Å². The summed E-state index contributed by atoms with van der Waals surface area (Å²) >= 11 is 0. The van der Waals surface area contributed by atoms with Crippen LogP contribution in [0, 0.1) is 0 Å². The molecule has 8 heteroatoms. The number of pyridine rings is 2. The van der Waals surface area contributed by atoms with E-state index in [2.05, 4.69) is 24.9 Å². The average molecular weight is 325 g/mol. The number of nitrogens with two attached hydrogens (primary N) is 1. The molecule has 1 fully saturated rings. The van der Waals surface area contributed by atoms with Crippen LogP contribution in [0.15, 0.2) is 36.5 Å². The number of piperazine rings is 1. The fourth-order valence-corrected chi connectivity index (χ4v) is 3.05. The van der Waals surface area contributed by atoms with E-state index in [1.807, 2.05) is 36.5 Å². The molecule has 4 heterocycles. The molecule has 0 bridgehead atoms. The average Bonchev–Trinajstić information content (AvgIpc) is 3.03. The van der Waals surface area contributed by atoms with Crippen LogP contribution in [0.2, 0.25) is 0 Å². The number of ether oxygens (including phenoxy) is 1. The molecule has 1 saturated heterocycles. The lowest BCUT2D eigenvalue weighted by Gasteiger charge is -2.36. The summed E-state index contributed by atoms with van der Waals surface area (Å²) in [5, 5.41) is 4.31. The fourth-order valence-electron chi connectivity index (χ4n) is 3.05. The first-order valence-electron chi connectivity index (χ1n) is 7.86. The highest BCUT2D eigenvalue weighted by Crippen LogP contribution is 2.26. The zero-order valence-electron chi connectivity index (χ0n) is 13.5. The topological polar surface area (TPSA) is 84.8 Å². The fraction of sp³-hybridized carbons (Fsp3) is 0.312. The molecule has 1 aliphatic rings. The van der Waals surface area contributed by atoms with Crippen LogP contribution >= 0.6 is 0 Å². The van der Waals surface area contributed by atoms with E-state index >= 15 is 0 Å². The Balaban J connectivity index is 1.59. The number of methoxy groups -OCH3 is 1. The van der Waals surface area contributed by atoms with Crippen LogP contribution in [0.3, 0.4) is 0 Å². The van der Waals surface area contributed by atoms with Crippen molar-refractivity contribution in [1.29, 1.82) is 0 Å². The number of hydrogen-bond acceptors (Lipinski definition) is 7. The molecule has 0 saturated carbocycles. The molecule has 0 aromatic carbocycles. The highest BCUT2D eigenvalue weighted by Gasteiger charge is 2.21. The van der Waals surface area contributed by atoms with Crippen LogP contribution in [0.1, 0.15) is 0 Å². The normalized spacial score (nSPS) is 15.0. The van der Waals surface area contributed by atoms with Gasteiger partial charge in [0.2, 0.25) is 11.6 Å². The van der Waals surface area contributed by atoms with Gasteiger partial charge in [-0.15, -0.1) is 5.10 Å². The van der Waals surface area contributed by atoms with Crippen molar-refractivity contribution in [3.8, 4) is 5.75 Å². The van der Waals surface area contributed by atoms with Crippen molar-refractivity contribution < 1.29 is 4.74 Å². The van der Waals surface area contributed by atoms with E-state index in [0.717, 1.165) is 37.8 Å². The van der Waals surface area contributed by atoms with Gasteiger partial charge in [-0.25, -0.2) is 4.98 Å². The molecule has 0 aliphatic carbocycles. The van der Waals surface area contributed by atoms with Crippen molar-refractivity contribution in [3.63, 3.8) is 0 Å². The number of hydrogen-bond donors (Lipinski definition) is 1. The second-order valence-electron chi connectivity index (χ2n) is 5.63. The first-order valence-corrected chi connectivity index (χ1v) is 7.86. The van der Waals surface area contributed by atoms with Gasteiger partial charge in [0.15, 0.2) is 5.75 Å². The molecular formula is C16H19N7O. The number of anilines is 3. The van der Waals surface area contributed by atoms with Gasteiger partial charge in [0, 0.05) is 32.4 Å². The Hall–Kier alpha value is -3.03. The van der Waals surface area contributed by atoms with Gasteiger partial charge in [0.05, 0.1) is 7.11 Å². The van der Waals surface area contributed by atoms with Crippen molar-refractivity contribution in [2.24, 2.45) is 0 Å². The zero-order valence-corrected chi connectivity index (χ0v) is 13.5. The van der Waals surface area contributed by atoms with Gasteiger partial charge in [0.1, 0.15) is 11.6 Å². The number of rotatable bonds is 3. The molecule has 0 spiro atoms. The SMILES string of the molecule is COc1ccc(N2CCN(c3ccccn3)CC2)n2nc(N)nc12. The third-order valence-electron chi connectivity index (χ3n) is 4.24. The Morgan fingerprint density at radius 3 is 2.54 bits per heavy atom. The van der Waals surface area contributed by atoms with Gasteiger partial charge in [-0.1, -0.05) is 6.07 Å². The first kappa shape index (κ1) is 14.6. The molecule has 124 valence electrons. The minimum absolute atomic E-state index is 0.243. The van der Waals surface area contributed by atoms with Crippen molar-refractivity contribution >= 4 is 23.2 Å². The van der Waals surface area contributed by atoms with Gasteiger partial charge < -0.3 is 20.3 Å². The third-order valence-corrected chi connectivity index (χ3v) is 4.24. The molecule has 0 unspecified atom stereocenters. The largest absolute Gasteiger partial charge is 0.493 e. The Labute approximate surface area is 139 Å². The summed E-state index contributed by atoms with van der Waals surface area (Å²) in [6.45, 7) is 3.54. The van der Waals surface area contributed by atoms with Gasteiger partial charge in [-0.2, -0.15) is 9.50 Å². The summed E-state index contributed by atoms with van der Waals surface area (Å²) in [5.41, 5.74) is 6.42. The zero-order chi connectivity index (χ0) is 16.5. The molecular weight excluding hydrogens is 306 g/mol. The molecule has 3 aromatic rings. The van der Waals surface area contributed by atoms with Crippen molar-refractivity contribution in [3.05, 3.63) is 36.5 Å². The lowest BCUT2D eigenvalue weighted by molar-refractivity contribution is 0.416. The summed E-state index contributed by atoms with van der Waals surface area (Å²) < 4.78 is 7.10. The van der Waals surface area contributed by atoms with Crippen LogP contribution < -0.4 is 20.3 Å². The molecule has 4 rings (SSSR count). The molecule has 24 heavy (non-hydrogen) atoms. The van der Waals surface area contributed by atoms with E-state index in [1.165, 1.54) is 0 Å². The molecule has 3 aromatic heterocycles. The second-order valence-corrected chi connectivity index (χ2v) is 5.63. The van der Waals surface area contributed by atoms with Crippen LogP contribution in [0.25, 0.3) is 5.65 Å². The van der Waals surface area contributed by atoms with E-state index in [4.69, 9.17) is 10.5 Å². The molecule has 0 atom stereocenters. The molecule has 0 amide bonds. The maximum Gasteiger partial charge on any atom is 0.240 e. The summed E-state index contributed by atoms with van der Waals surface area (Å²) in [6, 6.07) is 9.89. The highest BCUT2D eigenvalue weighted by molar-refractivity contribution is 5.62. The molecule has 8 nitrogen and oxygen atoms in total. The lowest BCUT2D eigenvalue weighted by atomic mass is 10.3. The van der Waals surface area contributed by atoms with Gasteiger partial charge >= 0.3 is 0 Å². The molecule has 0 radical (unpaired) electrons. The number of nitrogen functional groups attached to an aromatic ring is 1. The van der Waals surface area contributed by atoms with Crippen LogP contribution in [0.4, 0.5) is 17.6 Å². The second kappa shape index (κ2) is 5.88. The standard InChI is InChI=1S/C16H19N7O/c1-24-12-5-6-14(23-15(12)19-16(17)20-23)22-10-8-21(9-11-22)13-4-2-3-7-18-13/h2-7H,8-11H2,1H3,(H2,17,20). The van der Waals surface area contributed by atoms with E-state index in [0.29, 0.717) is 11.4 Å². The number of nitrogens with zero attached hydrogens (tertiary/aromatic N) is 6. The van der Waals surface area contributed by atoms with Crippen molar-refractivity contribution in [2.45, 2.75) is 0 Å². The Morgan fingerprint density at radius 1 is 1.04 bits per heavy atom. The van der Waals surface area contributed by atoms with Crippen molar-refractivity contribution in [2.75, 3.05) is 48.8 Å². The third kappa shape index (κ3) is 2.45. The van der Waals surface area contributed by atoms with E-state index in [9.17, 15) is 0 Å². The van der Waals surface area contributed by atoms with Crippen LogP contribution in [-0.4, -0.2) is 52.9 Å². The summed E-state index contributed by atoms with van der Waals surface area (Å²) in [7, 11) is 1.62. The number of aromatic nitrogens is 4. The minimum Gasteiger partial charge on any atom is -0.493 e. The maximum atomic E-state index is 5.78. The predicted molar refractivity (Wildman–Crippen MR) is 92.6 cm³/mol. The molecule has 1 aliphatic heterocycles. The monoisotopic (exact) mass is 325 g/mol. The van der Waals surface area contributed by atoms with Crippen molar-refractivity contribution in [1.82, 2.24) is 19.6 Å². The lowest BCUT2D eigenvalue weighted by Crippen LogP contribution is -2.47. The molecule has 2 N–H and O–H groups in total. The Morgan fingerprint density at radius 2 is 1.83 bits per heavy atom. The summed E-state index contributed by atoms with van der Waals surface area (Å²) in [4.78, 5) is 13.2. The minimum atomic E-state index is 0.243. The smallest absolute Gasteiger partial charge is 0.240 e. The summed E-state index contributed by atoms with van der Waals surface area (Å²) in [6.07, 6.45) is 1.83. The van der Waals surface area contributed by atoms with E-state index < -0.39 is 0 Å². The number of fused-ring (bicyclic) bond motifs is 1. The first-order chi connectivity index (χ1) is 11.8. The van der Waals surface area contributed by atoms with Crippen LogP contribution in [0.5, 0.6) is 5.75 Å². The van der Waals surface area contributed by atoms with Crippen LogP contribution in [-0.2, 0) is 0 Å². The predicted octanol–water partition coefficient (Wildman–Crippen LogP) is 1.04. The Bertz CT molecular complexity index is 840. The summed E-state index contributed by atoms with van der Waals surface area (Å²) in [5.74, 6) is 2.89. The maximum absolute atomic E-state index is 5.78. The van der Waals surface area contributed by atoms with Gasteiger partial charge in [-0.3, -0.25) is 0 Å². The quantitative estimate of drug-likeness (QED) is 0.770. The van der Waals surface area contributed by atoms with Gasteiger partial charge in [0.25, 0.3) is 0 Å².